The summed E-state index contributed by atoms with van der Waals surface area (Å²) in [6.45, 7) is 2.93. The van der Waals surface area contributed by atoms with Gasteiger partial charge in [0.1, 0.15) is 48.8 Å². The summed E-state index contributed by atoms with van der Waals surface area (Å²) in [6.07, 6.45) is 45.4. The first-order chi connectivity index (χ1) is 39.6. The van der Waals surface area contributed by atoms with Crippen LogP contribution in [-0.4, -0.2) is 140 Å². The second kappa shape index (κ2) is 53.2. The predicted octanol–water partition coefficient (Wildman–Crippen LogP) is 13.6. The third-order valence-corrected chi connectivity index (χ3v) is 17.6. The number of carbonyl (C=O) groups excluding carboxylic acids is 1. The average Bonchev–Trinajstić information content (AvgIpc) is 3.47. The highest BCUT2D eigenvalue weighted by Gasteiger charge is 2.51. The van der Waals surface area contributed by atoms with Gasteiger partial charge in [-0.2, -0.15) is 0 Å². The van der Waals surface area contributed by atoms with Gasteiger partial charge in [0.25, 0.3) is 0 Å². The van der Waals surface area contributed by atoms with Gasteiger partial charge >= 0.3 is 0 Å². The number of aliphatic hydroxyl groups is 8. The van der Waals surface area contributed by atoms with E-state index in [0.717, 1.165) is 51.4 Å². The zero-order valence-electron chi connectivity index (χ0n) is 52.3. The number of nitrogens with one attached hydrogen (secondary N) is 1. The normalized spacial score (nSPS) is 24.0. The van der Waals surface area contributed by atoms with Crippen molar-refractivity contribution in [3.05, 3.63) is 0 Å². The molecule has 14 heteroatoms. The van der Waals surface area contributed by atoms with Crippen LogP contribution in [0.2, 0.25) is 0 Å². The second-order valence-electron chi connectivity index (χ2n) is 25.0. The Bertz CT molecular complexity index is 1360. The Morgan fingerprint density at radius 1 is 0.395 bits per heavy atom. The zero-order valence-corrected chi connectivity index (χ0v) is 52.3. The number of rotatable bonds is 58. The van der Waals surface area contributed by atoms with Crippen molar-refractivity contribution in [1.29, 1.82) is 0 Å². The molecule has 9 N–H and O–H groups in total. The minimum atomic E-state index is -1.78. The van der Waals surface area contributed by atoms with Gasteiger partial charge in [0.15, 0.2) is 12.6 Å². The van der Waals surface area contributed by atoms with Crippen LogP contribution in [0.3, 0.4) is 0 Å². The van der Waals surface area contributed by atoms with Crippen molar-refractivity contribution in [3.8, 4) is 0 Å². The molecular formula is C67H131NO13. The highest BCUT2D eigenvalue weighted by molar-refractivity contribution is 5.76. The maximum atomic E-state index is 13.3. The van der Waals surface area contributed by atoms with Gasteiger partial charge in [-0.3, -0.25) is 4.79 Å². The summed E-state index contributed by atoms with van der Waals surface area (Å²) in [5.74, 6) is -0.197. The molecule has 2 saturated heterocycles. The van der Waals surface area contributed by atoms with Crippen molar-refractivity contribution in [3.63, 3.8) is 0 Å². The van der Waals surface area contributed by atoms with Gasteiger partial charge < -0.3 is 65.1 Å². The Morgan fingerprint density at radius 3 is 1.05 bits per heavy atom. The third kappa shape index (κ3) is 38.0. The summed E-state index contributed by atoms with van der Waals surface area (Å²) in [5.41, 5.74) is 0. The molecule has 0 radical (unpaired) electrons. The van der Waals surface area contributed by atoms with Crippen LogP contribution in [0.15, 0.2) is 0 Å². The van der Waals surface area contributed by atoms with Crippen LogP contribution in [0.5, 0.6) is 0 Å². The molecule has 1 amide bonds. The van der Waals surface area contributed by atoms with Crippen LogP contribution in [0.4, 0.5) is 0 Å². The van der Waals surface area contributed by atoms with E-state index in [-0.39, 0.29) is 12.5 Å². The quantitative estimate of drug-likeness (QED) is 0.0259. The smallest absolute Gasteiger partial charge is 0.220 e. The lowest BCUT2D eigenvalue weighted by Gasteiger charge is -2.46. The minimum Gasteiger partial charge on any atom is -0.394 e. The van der Waals surface area contributed by atoms with E-state index in [9.17, 15) is 45.6 Å². The molecule has 0 aliphatic carbocycles. The first kappa shape index (κ1) is 76.1. The fourth-order valence-corrected chi connectivity index (χ4v) is 12.0. The van der Waals surface area contributed by atoms with Crippen molar-refractivity contribution in [2.24, 2.45) is 0 Å². The van der Waals surface area contributed by atoms with Crippen molar-refractivity contribution in [1.82, 2.24) is 5.32 Å². The number of hydrogen-bond donors (Lipinski definition) is 9. The lowest BCUT2D eigenvalue weighted by molar-refractivity contribution is -0.359. The van der Waals surface area contributed by atoms with Gasteiger partial charge in [-0.1, -0.05) is 309 Å². The SMILES string of the molecule is CCCCCCCCCCCCCCCCCCCCCCCCCCCC(=O)NC(COC1OC(CO)C(OC2OC(CO)C(O)C(O)C2O)C(O)C1O)C(O)CCCCCCCCCCCCCCCCCCCCCCCC. The van der Waals surface area contributed by atoms with Crippen LogP contribution in [0.25, 0.3) is 0 Å². The third-order valence-electron chi connectivity index (χ3n) is 17.6. The molecule has 0 aromatic heterocycles. The molecule has 0 saturated carbocycles. The summed E-state index contributed by atoms with van der Waals surface area (Å²) < 4.78 is 22.9. The van der Waals surface area contributed by atoms with Gasteiger partial charge in [-0.15, -0.1) is 0 Å². The maximum Gasteiger partial charge on any atom is 0.220 e. The molecule has 2 heterocycles. The van der Waals surface area contributed by atoms with Gasteiger partial charge in [0.05, 0.1) is 32.0 Å². The van der Waals surface area contributed by atoms with Crippen molar-refractivity contribution < 1.29 is 64.6 Å². The summed E-state index contributed by atoms with van der Waals surface area (Å²) in [4.78, 5) is 13.3. The fraction of sp³-hybridized carbons (Fsp3) is 0.985. The molecule has 0 aromatic carbocycles. The van der Waals surface area contributed by atoms with Crippen molar-refractivity contribution in [2.45, 2.75) is 402 Å². The van der Waals surface area contributed by atoms with Crippen LogP contribution in [0.1, 0.15) is 328 Å². The van der Waals surface area contributed by atoms with Gasteiger partial charge in [0, 0.05) is 6.42 Å². The fourth-order valence-electron chi connectivity index (χ4n) is 12.0. The summed E-state index contributed by atoms with van der Waals surface area (Å²) >= 11 is 0. The highest BCUT2D eigenvalue weighted by Crippen LogP contribution is 2.30. The number of hydrogen-bond acceptors (Lipinski definition) is 13. The number of amides is 1. The van der Waals surface area contributed by atoms with Crippen LogP contribution >= 0.6 is 0 Å². The Kier molecular flexibility index (Phi) is 50.0. The van der Waals surface area contributed by atoms with E-state index in [0.29, 0.717) is 12.8 Å². The molecule has 81 heavy (non-hydrogen) atoms. The molecule has 0 aromatic rings. The Hall–Kier alpha value is -1.01. The molecule has 0 spiro atoms. The lowest BCUT2D eigenvalue weighted by atomic mass is 9.97. The van der Waals surface area contributed by atoms with E-state index in [2.05, 4.69) is 19.2 Å². The van der Waals surface area contributed by atoms with E-state index in [4.69, 9.17) is 18.9 Å². The molecule has 12 atom stereocenters. The summed E-state index contributed by atoms with van der Waals surface area (Å²) in [6, 6.07) is -0.824. The van der Waals surface area contributed by atoms with Crippen LogP contribution in [-0.2, 0) is 23.7 Å². The molecule has 2 aliphatic rings. The first-order valence-corrected chi connectivity index (χ1v) is 34.8. The van der Waals surface area contributed by atoms with E-state index < -0.39 is 86.8 Å². The molecule has 0 bridgehead atoms. The minimum absolute atomic E-state index is 0.197. The molecule has 2 rings (SSSR count). The summed E-state index contributed by atoms with van der Waals surface area (Å²) in [7, 11) is 0. The number of unbranched alkanes of at least 4 members (excludes halogenated alkanes) is 45. The van der Waals surface area contributed by atoms with Crippen molar-refractivity contribution >= 4 is 5.91 Å². The lowest BCUT2D eigenvalue weighted by Crippen LogP contribution is -2.65. The number of ether oxygens (including phenoxy) is 4. The maximum absolute atomic E-state index is 13.3. The predicted molar refractivity (Wildman–Crippen MR) is 328 cm³/mol. The Morgan fingerprint density at radius 2 is 0.704 bits per heavy atom. The Labute approximate surface area is 495 Å². The first-order valence-electron chi connectivity index (χ1n) is 34.8. The zero-order chi connectivity index (χ0) is 58.8. The summed E-state index contributed by atoms with van der Waals surface area (Å²) in [5, 5.41) is 87.6. The Balaban J connectivity index is 1.67. The molecule has 2 aliphatic heterocycles. The standard InChI is InChI=1S/C67H131NO13/c1-3-5-7-9-11-13-15-17-19-21-23-25-27-28-29-31-33-35-37-39-41-43-45-47-49-51-59(72)68-55(54-78-66-64(77)62(75)65(58(53-70)80-66)81-67-63(76)61(74)60(73)57(52-69)79-67)56(71)50-48-46-44-42-40-38-36-34-32-30-26-24-22-20-18-16-14-12-10-8-6-4-2/h55-58,60-67,69-71,73-77H,3-54H2,1-2H3,(H,68,72). The van der Waals surface area contributed by atoms with Gasteiger partial charge in [-0.05, 0) is 12.8 Å². The number of carbonyl (C=O) groups is 1. The number of aliphatic hydroxyl groups excluding tert-OH is 8. The molecule has 2 fully saturated rings. The van der Waals surface area contributed by atoms with Gasteiger partial charge in [0.2, 0.25) is 5.91 Å². The van der Waals surface area contributed by atoms with Crippen LogP contribution < -0.4 is 5.32 Å². The topological polar surface area (TPSA) is 228 Å². The largest absolute Gasteiger partial charge is 0.394 e. The molecule has 14 nitrogen and oxygen atoms in total. The van der Waals surface area contributed by atoms with E-state index >= 15 is 0 Å². The highest BCUT2D eigenvalue weighted by atomic mass is 16.7. The van der Waals surface area contributed by atoms with E-state index in [1.165, 1.54) is 250 Å². The monoisotopic (exact) mass is 1160 g/mol. The van der Waals surface area contributed by atoms with Crippen molar-refractivity contribution in [2.75, 3.05) is 19.8 Å². The second-order valence-corrected chi connectivity index (χ2v) is 25.0. The van der Waals surface area contributed by atoms with Gasteiger partial charge in [-0.25, -0.2) is 0 Å². The van der Waals surface area contributed by atoms with Crippen LogP contribution in [0, 0.1) is 0 Å². The molecule has 12 unspecified atom stereocenters. The average molecular weight is 1160 g/mol. The van der Waals surface area contributed by atoms with E-state index in [1.54, 1.807) is 0 Å². The van der Waals surface area contributed by atoms with E-state index in [1.807, 2.05) is 0 Å². The molecule has 482 valence electrons. The molecular weight excluding hydrogens is 1030 g/mol.